The Balaban J connectivity index is 1.56. The molecule has 2 aliphatic heterocycles. The molecular weight excluding hydrogens is 526 g/mol. The first-order valence-electron chi connectivity index (χ1n) is 14.3. The van der Waals surface area contributed by atoms with Gasteiger partial charge in [0, 0.05) is 33.2 Å². The molecule has 0 radical (unpaired) electrons. The average molecular weight is 554 g/mol. The van der Waals surface area contributed by atoms with Crippen LogP contribution in [0.4, 0.5) is 5.69 Å². The molecule has 5 heterocycles. The van der Waals surface area contributed by atoms with Crippen molar-refractivity contribution in [3.8, 4) is 33.4 Å². The Morgan fingerprint density at radius 3 is 1.12 bits per heavy atom. The van der Waals surface area contributed by atoms with Crippen LogP contribution in [0.1, 0.15) is 22.8 Å². The quantitative estimate of drug-likeness (QED) is 0.204. The zero-order chi connectivity index (χ0) is 28.8. The van der Waals surface area contributed by atoms with Gasteiger partial charge in [0.2, 0.25) is 0 Å². The second kappa shape index (κ2) is 10.2. The zero-order valence-corrected chi connectivity index (χ0v) is 23.3. The molecule has 8 rings (SSSR count). The van der Waals surface area contributed by atoms with E-state index in [4.69, 9.17) is 15.7 Å². The Hall–Kier alpha value is -5.94. The minimum atomic E-state index is 0.590. The summed E-state index contributed by atoms with van der Waals surface area (Å²) in [5, 5.41) is 0. The molecule has 3 aromatic heterocycles. The van der Waals surface area contributed by atoms with E-state index in [1.165, 1.54) is 0 Å². The summed E-state index contributed by atoms with van der Waals surface area (Å²) < 4.78 is 0. The van der Waals surface area contributed by atoms with E-state index in [0.717, 1.165) is 78.2 Å². The molecule has 0 unspecified atom stereocenters. The largest absolute Gasteiger partial charge is 0.395 e. The van der Waals surface area contributed by atoms with Gasteiger partial charge in [-0.3, -0.25) is 0 Å². The number of rotatable bonds is 3. The molecule has 8 bridgehead atoms. The molecule has 5 nitrogen and oxygen atoms in total. The molecule has 4 N–H and O–H groups in total. The van der Waals surface area contributed by atoms with Crippen molar-refractivity contribution in [1.29, 1.82) is 0 Å². The number of anilines is 1. The number of hydrogen-bond acceptors (Lipinski definition) is 3. The van der Waals surface area contributed by atoms with Crippen LogP contribution < -0.4 is 5.73 Å². The number of hydrogen-bond donors (Lipinski definition) is 3. The number of fused-ring (bicyclic) bond motifs is 8. The second-order valence-corrected chi connectivity index (χ2v) is 10.6. The molecule has 0 atom stereocenters. The standard InChI is InChI=1S/C38H27N5/c39-38-33-22-20-31(42-33)36(25-12-6-2-7-13-25)29-18-16-27(40-29)35(24-10-4-1-5-11-24)28-17-19-30(41-28)37(26-14-8-3-9-15-26)32-21-23-34(38)43-32/h1-23,40,43H,39H2. The Bertz CT molecular complexity index is 2180. The molecule has 0 spiro atoms. The van der Waals surface area contributed by atoms with E-state index < -0.39 is 0 Å². The summed E-state index contributed by atoms with van der Waals surface area (Å²) >= 11 is 0. The Morgan fingerprint density at radius 1 is 0.372 bits per heavy atom. The zero-order valence-electron chi connectivity index (χ0n) is 23.3. The lowest BCUT2D eigenvalue weighted by molar-refractivity contribution is 1.31. The number of nitrogens with zero attached hydrogens (tertiary/aromatic N) is 2. The molecule has 0 saturated heterocycles. The molecule has 5 heteroatoms. The fourth-order valence-corrected chi connectivity index (χ4v) is 5.95. The van der Waals surface area contributed by atoms with E-state index in [1.54, 1.807) is 0 Å². The maximum atomic E-state index is 6.75. The highest BCUT2D eigenvalue weighted by atomic mass is 14.8. The van der Waals surface area contributed by atoms with Crippen molar-refractivity contribution in [1.82, 2.24) is 19.9 Å². The molecule has 2 aliphatic rings. The predicted molar refractivity (Wildman–Crippen MR) is 180 cm³/mol. The van der Waals surface area contributed by atoms with Gasteiger partial charge in [0.25, 0.3) is 0 Å². The summed E-state index contributed by atoms with van der Waals surface area (Å²) in [6.45, 7) is 0. The first-order valence-corrected chi connectivity index (χ1v) is 14.3. The van der Waals surface area contributed by atoms with Gasteiger partial charge in [-0.1, -0.05) is 91.0 Å². The molecule has 6 aromatic rings. The van der Waals surface area contributed by atoms with Gasteiger partial charge in [0.1, 0.15) is 0 Å². The van der Waals surface area contributed by atoms with Gasteiger partial charge in [-0.2, -0.15) is 0 Å². The lowest BCUT2D eigenvalue weighted by atomic mass is 10.0. The van der Waals surface area contributed by atoms with E-state index in [1.807, 2.05) is 60.7 Å². The fraction of sp³-hybridized carbons (Fsp3) is 0. The summed E-state index contributed by atoms with van der Waals surface area (Å²) in [5.74, 6) is 0. The molecule has 0 fully saturated rings. The Labute approximate surface area is 248 Å². The third-order valence-electron chi connectivity index (χ3n) is 7.98. The van der Waals surface area contributed by atoms with Crippen LogP contribution in [-0.2, 0) is 0 Å². The van der Waals surface area contributed by atoms with Crippen LogP contribution in [0.25, 0.3) is 79.8 Å². The molecule has 43 heavy (non-hydrogen) atoms. The van der Waals surface area contributed by atoms with Crippen LogP contribution in [-0.4, -0.2) is 19.9 Å². The third kappa shape index (κ3) is 4.35. The Kier molecular flexibility index (Phi) is 5.86. The highest BCUT2D eigenvalue weighted by Gasteiger charge is 2.17. The molecule has 3 aromatic carbocycles. The number of aromatic amines is 2. The van der Waals surface area contributed by atoms with Crippen LogP contribution in [0.3, 0.4) is 0 Å². The van der Waals surface area contributed by atoms with E-state index in [-0.39, 0.29) is 0 Å². The maximum absolute atomic E-state index is 6.75. The smallest absolute Gasteiger partial charge is 0.0888 e. The van der Waals surface area contributed by atoms with Gasteiger partial charge in [0.05, 0.1) is 34.0 Å². The average Bonchev–Trinajstić information content (AvgIpc) is 3.88. The van der Waals surface area contributed by atoms with Gasteiger partial charge >= 0.3 is 0 Å². The summed E-state index contributed by atoms with van der Waals surface area (Å²) in [6.07, 6.45) is 8.24. The highest BCUT2D eigenvalue weighted by molar-refractivity contribution is 5.98. The van der Waals surface area contributed by atoms with Crippen molar-refractivity contribution in [2.24, 2.45) is 0 Å². The van der Waals surface area contributed by atoms with Crippen LogP contribution >= 0.6 is 0 Å². The van der Waals surface area contributed by atoms with E-state index in [9.17, 15) is 0 Å². The minimum absolute atomic E-state index is 0.590. The van der Waals surface area contributed by atoms with Crippen molar-refractivity contribution >= 4 is 52.1 Å². The van der Waals surface area contributed by atoms with Gasteiger partial charge in [-0.05, 0) is 65.3 Å². The normalized spacial score (nSPS) is 12.1. The van der Waals surface area contributed by atoms with E-state index >= 15 is 0 Å². The van der Waals surface area contributed by atoms with Gasteiger partial charge in [-0.15, -0.1) is 0 Å². The number of H-pyrrole nitrogens is 2. The lowest BCUT2D eigenvalue weighted by Crippen LogP contribution is -1.91. The van der Waals surface area contributed by atoms with Crippen LogP contribution in [0.2, 0.25) is 0 Å². The highest BCUT2D eigenvalue weighted by Crippen LogP contribution is 2.36. The molecule has 204 valence electrons. The van der Waals surface area contributed by atoms with Crippen LogP contribution in [0, 0.1) is 0 Å². The molecule has 0 amide bonds. The minimum Gasteiger partial charge on any atom is -0.395 e. The second-order valence-electron chi connectivity index (χ2n) is 10.6. The predicted octanol–water partition coefficient (Wildman–Crippen LogP) is 9.24. The number of aromatic nitrogens is 4. The first kappa shape index (κ1) is 24.8. The summed E-state index contributed by atoms with van der Waals surface area (Å²) in [5.41, 5.74) is 20.7. The lowest BCUT2D eigenvalue weighted by Gasteiger charge is -2.06. The van der Waals surface area contributed by atoms with Crippen molar-refractivity contribution in [2.75, 3.05) is 5.73 Å². The monoisotopic (exact) mass is 553 g/mol. The fourth-order valence-electron chi connectivity index (χ4n) is 5.95. The first-order chi connectivity index (χ1) is 21.2. The summed E-state index contributed by atoms with van der Waals surface area (Å²) in [7, 11) is 0. The van der Waals surface area contributed by atoms with Crippen molar-refractivity contribution in [3.63, 3.8) is 0 Å². The van der Waals surface area contributed by atoms with Crippen molar-refractivity contribution < 1.29 is 0 Å². The maximum Gasteiger partial charge on any atom is 0.0888 e. The molecule has 0 saturated carbocycles. The van der Waals surface area contributed by atoms with Crippen LogP contribution in [0.5, 0.6) is 0 Å². The molecular formula is C38H27N5. The molecule has 0 aliphatic carbocycles. The van der Waals surface area contributed by atoms with Gasteiger partial charge in [0.15, 0.2) is 0 Å². The summed E-state index contributed by atoms with van der Waals surface area (Å²) in [4.78, 5) is 17.6. The number of benzene rings is 3. The summed E-state index contributed by atoms with van der Waals surface area (Å²) in [6, 6.07) is 39.5. The Morgan fingerprint density at radius 2 is 0.698 bits per heavy atom. The topological polar surface area (TPSA) is 83.4 Å². The van der Waals surface area contributed by atoms with E-state index in [0.29, 0.717) is 5.69 Å². The van der Waals surface area contributed by atoms with E-state index in [2.05, 4.69) is 88.9 Å². The SMILES string of the molecule is Nc1c2nc(c(-c3ccccc3)c3ccc([nH]3)c(-c3ccccc3)c3nc(c(-c4ccccc4)c4ccc1[nH]4)C=C3)C=C2. The number of nitrogens with two attached hydrogens (primary N) is 1. The number of nitrogens with one attached hydrogen (secondary N) is 2. The van der Waals surface area contributed by atoms with Gasteiger partial charge in [-0.25, -0.2) is 9.97 Å². The number of nitrogen functional groups attached to an aromatic ring is 1. The van der Waals surface area contributed by atoms with Crippen molar-refractivity contribution in [2.45, 2.75) is 0 Å². The van der Waals surface area contributed by atoms with Gasteiger partial charge < -0.3 is 15.7 Å². The van der Waals surface area contributed by atoms with Crippen molar-refractivity contribution in [3.05, 3.63) is 138 Å². The third-order valence-corrected chi connectivity index (χ3v) is 7.98. The van der Waals surface area contributed by atoms with Crippen LogP contribution in [0.15, 0.2) is 115 Å².